The number of rotatable bonds is 6. The van der Waals surface area contributed by atoms with Gasteiger partial charge < -0.3 is 5.32 Å². The Balaban J connectivity index is 2.18. The number of nitrogens with one attached hydrogen (secondary N) is 1. The van der Waals surface area contributed by atoms with Gasteiger partial charge >= 0.3 is 0 Å². The van der Waals surface area contributed by atoms with Gasteiger partial charge in [0, 0.05) is 22.1 Å². The summed E-state index contributed by atoms with van der Waals surface area (Å²) in [6.07, 6.45) is 2.92. The first-order chi connectivity index (χ1) is 9.70. The van der Waals surface area contributed by atoms with E-state index < -0.39 is 0 Å². The number of benzene rings is 1. The minimum atomic E-state index is 0.774. The summed E-state index contributed by atoms with van der Waals surface area (Å²) < 4.78 is 0.978. The zero-order valence-corrected chi connectivity index (χ0v) is 14.4. The lowest BCUT2D eigenvalue weighted by molar-refractivity contribution is 0.669. The van der Waals surface area contributed by atoms with Crippen molar-refractivity contribution in [3.63, 3.8) is 0 Å². The second kappa shape index (κ2) is 8.03. The molecule has 0 amide bonds. The molecule has 1 aromatic heterocycles. The van der Waals surface area contributed by atoms with E-state index in [0.717, 1.165) is 38.9 Å². The maximum Gasteiger partial charge on any atom is 0.101 e. The van der Waals surface area contributed by atoms with Gasteiger partial charge in [-0.05, 0) is 52.7 Å². The molecular weight excluding hydrogens is 356 g/mol. The molecule has 0 unspecified atom stereocenters. The zero-order chi connectivity index (χ0) is 14.4. The van der Waals surface area contributed by atoms with Crippen molar-refractivity contribution in [3.05, 3.63) is 51.6 Å². The Morgan fingerprint density at radius 3 is 2.85 bits per heavy atom. The third-order valence-corrected chi connectivity index (χ3v) is 4.73. The number of aromatic nitrogens is 1. The van der Waals surface area contributed by atoms with Crippen molar-refractivity contribution in [1.82, 2.24) is 10.3 Å². The monoisotopic (exact) mass is 370 g/mol. The van der Waals surface area contributed by atoms with E-state index in [4.69, 9.17) is 11.6 Å². The van der Waals surface area contributed by atoms with Crippen LogP contribution in [0.25, 0.3) is 0 Å². The Hall–Kier alpha value is -0.550. The highest BCUT2D eigenvalue weighted by atomic mass is 79.9. The molecule has 0 spiro atoms. The SMILES string of the molecule is CCCNCc1cccc(Cl)c1Sc1ccc(Br)cn1. The van der Waals surface area contributed by atoms with Crippen molar-refractivity contribution in [2.45, 2.75) is 29.8 Å². The normalized spacial score (nSPS) is 10.8. The first-order valence-corrected chi connectivity index (χ1v) is 8.47. The van der Waals surface area contributed by atoms with E-state index in [9.17, 15) is 0 Å². The van der Waals surface area contributed by atoms with E-state index in [1.807, 2.05) is 24.3 Å². The van der Waals surface area contributed by atoms with Crippen molar-refractivity contribution in [2.75, 3.05) is 6.54 Å². The first-order valence-electron chi connectivity index (χ1n) is 6.48. The highest BCUT2D eigenvalue weighted by Crippen LogP contribution is 2.35. The highest BCUT2D eigenvalue weighted by molar-refractivity contribution is 9.10. The molecule has 1 aromatic carbocycles. The quantitative estimate of drug-likeness (QED) is 0.711. The number of hydrogen-bond acceptors (Lipinski definition) is 3. The van der Waals surface area contributed by atoms with Gasteiger partial charge in [0.2, 0.25) is 0 Å². The molecular formula is C15H16BrClN2S. The average molecular weight is 372 g/mol. The first kappa shape index (κ1) is 15.8. The molecule has 5 heteroatoms. The number of nitrogens with zero attached hydrogens (tertiary/aromatic N) is 1. The molecule has 2 rings (SSSR count). The summed E-state index contributed by atoms with van der Waals surface area (Å²) in [4.78, 5) is 5.47. The molecule has 2 nitrogen and oxygen atoms in total. The minimum absolute atomic E-state index is 0.774. The van der Waals surface area contributed by atoms with E-state index in [2.05, 4.69) is 39.2 Å². The molecule has 0 fully saturated rings. The standard InChI is InChI=1S/C15H16BrClN2S/c1-2-8-18-9-11-4-3-5-13(17)15(11)20-14-7-6-12(16)10-19-14/h3-7,10,18H,2,8-9H2,1H3. The summed E-state index contributed by atoms with van der Waals surface area (Å²) in [5.74, 6) is 0. The summed E-state index contributed by atoms with van der Waals surface area (Å²) in [5, 5.41) is 5.13. The van der Waals surface area contributed by atoms with Crippen LogP contribution in [0.5, 0.6) is 0 Å². The third kappa shape index (κ3) is 4.48. The largest absolute Gasteiger partial charge is 0.313 e. The van der Waals surface area contributed by atoms with Gasteiger partial charge in [0.15, 0.2) is 0 Å². The molecule has 1 N–H and O–H groups in total. The summed E-state index contributed by atoms with van der Waals surface area (Å²) in [6.45, 7) is 3.99. The van der Waals surface area contributed by atoms with Gasteiger partial charge in [-0.1, -0.05) is 42.4 Å². The van der Waals surface area contributed by atoms with E-state index in [0.29, 0.717) is 0 Å². The van der Waals surface area contributed by atoms with Crippen molar-refractivity contribution < 1.29 is 0 Å². The van der Waals surface area contributed by atoms with Crippen LogP contribution < -0.4 is 5.32 Å². The second-order valence-corrected chi connectivity index (χ2v) is 6.68. The van der Waals surface area contributed by atoms with Crippen molar-refractivity contribution in [2.24, 2.45) is 0 Å². The van der Waals surface area contributed by atoms with Gasteiger partial charge in [0.05, 0.1) is 5.02 Å². The third-order valence-electron chi connectivity index (χ3n) is 2.70. The number of halogens is 2. The maximum atomic E-state index is 6.34. The molecule has 106 valence electrons. The van der Waals surface area contributed by atoms with Gasteiger partial charge in [0.25, 0.3) is 0 Å². The van der Waals surface area contributed by atoms with Gasteiger partial charge in [0.1, 0.15) is 5.03 Å². The Kier molecular flexibility index (Phi) is 6.36. The summed E-state index contributed by atoms with van der Waals surface area (Å²) in [5.41, 5.74) is 1.21. The maximum absolute atomic E-state index is 6.34. The van der Waals surface area contributed by atoms with Crippen LogP contribution in [0, 0.1) is 0 Å². The lowest BCUT2D eigenvalue weighted by atomic mass is 10.2. The van der Waals surface area contributed by atoms with E-state index >= 15 is 0 Å². The van der Waals surface area contributed by atoms with Crippen molar-refractivity contribution in [1.29, 1.82) is 0 Å². The molecule has 0 aliphatic rings. The lowest BCUT2D eigenvalue weighted by Crippen LogP contribution is -2.14. The summed E-state index contributed by atoms with van der Waals surface area (Å²) in [7, 11) is 0. The minimum Gasteiger partial charge on any atom is -0.313 e. The predicted molar refractivity (Wildman–Crippen MR) is 89.5 cm³/mol. The molecule has 0 radical (unpaired) electrons. The fourth-order valence-electron chi connectivity index (χ4n) is 1.73. The summed E-state index contributed by atoms with van der Waals surface area (Å²) in [6, 6.07) is 9.99. The molecule has 0 atom stereocenters. The second-order valence-electron chi connectivity index (χ2n) is 4.32. The molecule has 20 heavy (non-hydrogen) atoms. The fourth-order valence-corrected chi connectivity index (χ4v) is 3.17. The van der Waals surface area contributed by atoms with Crippen molar-refractivity contribution >= 4 is 39.3 Å². The van der Waals surface area contributed by atoms with Gasteiger partial charge in [-0.15, -0.1) is 0 Å². The van der Waals surface area contributed by atoms with Crippen LogP contribution in [-0.4, -0.2) is 11.5 Å². The van der Waals surface area contributed by atoms with Crippen LogP contribution in [-0.2, 0) is 6.54 Å². The predicted octanol–water partition coefficient (Wildman–Crippen LogP) is 5.15. The van der Waals surface area contributed by atoms with Crippen LogP contribution in [0.4, 0.5) is 0 Å². The van der Waals surface area contributed by atoms with Gasteiger partial charge in [-0.2, -0.15) is 0 Å². The zero-order valence-electron chi connectivity index (χ0n) is 11.2. The molecule has 0 saturated carbocycles. The Bertz CT molecular complexity index is 560. The average Bonchev–Trinajstić information content (AvgIpc) is 2.45. The molecule has 1 heterocycles. The van der Waals surface area contributed by atoms with E-state index in [1.54, 1.807) is 18.0 Å². The number of pyridine rings is 1. The van der Waals surface area contributed by atoms with Crippen LogP contribution in [0.15, 0.2) is 50.9 Å². The smallest absolute Gasteiger partial charge is 0.101 e. The topological polar surface area (TPSA) is 24.9 Å². The van der Waals surface area contributed by atoms with Crippen LogP contribution in [0.2, 0.25) is 5.02 Å². The van der Waals surface area contributed by atoms with Crippen LogP contribution in [0.3, 0.4) is 0 Å². The van der Waals surface area contributed by atoms with Crippen LogP contribution >= 0.6 is 39.3 Å². The molecule has 0 bridgehead atoms. The molecule has 2 aromatic rings. The summed E-state index contributed by atoms with van der Waals surface area (Å²) >= 11 is 11.3. The molecule has 0 aliphatic carbocycles. The molecule has 0 saturated heterocycles. The Morgan fingerprint density at radius 2 is 2.15 bits per heavy atom. The molecule has 0 aliphatic heterocycles. The van der Waals surface area contributed by atoms with E-state index in [-0.39, 0.29) is 0 Å². The number of hydrogen-bond donors (Lipinski definition) is 1. The lowest BCUT2D eigenvalue weighted by Gasteiger charge is -2.11. The Labute approximate surface area is 137 Å². The van der Waals surface area contributed by atoms with Crippen molar-refractivity contribution in [3.8, 4) is 0 Å². The van der Waals surface area contributed by atoms with Gasteiger partial charge in [-0.25, -0.2) is 4.98 Å². The van der Waals surface area contributed by atoms with Crippen LogP contribution in [0.1, 0.15) is 18.9 Å². The van der Waals surface area contributed by atoms with Gasteiger partial charge in [-0.3, -0.25) is 0 Å². The Morgan fingerprint density at radius 1 is 1.30 bits per heavy atom. The highest BCUT2D eigenvalue weighted by Gasteiger charge is 2.09. The van der Waals surface area contributed by atoms with E-state index in [1.165, 1.54) is 5.56 Å². The fraction of sp³-hybridized carbons (Fsp3) is 0.267.